The third-order valence-electron chi connectivity index (χ3n) is 3.35. The average Bonchev–Trinajstić information content (AvgIpc) is 2.49. The lowest BCUT2D eigenvalue weighted by Crippen LogP contribution is -2.22. The summed E-state index contributed by atoms with van der Waals surface area (Å²) in [5.41, 5.74) is 4.10. The van der Waals surface area contributed by atoms with Gasteiger partial charge in [0.2, 0.25) is 11.8 Å². The highest BCUT2D eigenvalue weighted by atomic mass is 35.5. The molecule has 2 aromatic rings. The summed E-state index contributed by atoms with van der Waals surface area (Å²) in [6.45, 7) is 5.43. The summed E-state index contributed by atoms with van der Waals surface area (Å²) in [5.74, 6) is -0.310. The monoisotopic (exact) mass is 345 g/mol. The highest BCUT2D eigenvalue weighted by Gasteiger charge is 2.09. The fourth-order valence-corrected chi connectivity index (χ4v) is 2.68. The molecular weight excluding hydrogens is 326 g/mol. The van der Waals surface area contributed by atoms with Gasteiger partial charge in [0.1, 0.15) is 0 Å². The van der Waals surface area contributed by atoms with Crippen molar-refractivity contribution in [2.45, 2.75) is 20.8 Å². The largest absolute Gasteiger partial charge is 0.376 e. The second kappa shape index (κ2) is 7.84. The molecule has 24 heavy (non-hydrogen) atoms. The molecule has 2 aromatic carbocycles. The van der Waals surface area contributed by atoms with Crippen LogP contribution in [0.25, 0.3) is 0 Å². The maximum absolute atomic E-state index is 12.1. The summed E-state index contributed by atoms with van der Waals surface area (Å²) in [5, 5.41) is 9.06. The van der Waals surface area contributed by atoms with Crippen LogP contribution in [0, 0.1) is 13.8 Å². The Hall–Kier alpha value is -2.53. The van der Waals surface area contributed by atoms with Gasteiger partial charge < -0.3 is 16.0 Å². The Morgan fingerprint density at radius 2 is 1.62 bits per heavy atom. The number of halogens is 1. The zero-order valence-corrected chi connectivity index (χ0v) is 14.6. The van der Waals surface area contributed by atoms with Gasteiger partial charge in [0, 0.05) is 18.3 Å². The molecule has 0 spiro atoms. The van der Waals surface area contributed by atoms with Crippen LogP contribution >= 0.6 is 11.6 Å². The Bertz CT molecular complexity index is 734. The first-order valence-corrected chi connectivity index (χ1v) is 7.91. The van der Waals surface area contributed by atoms with E-state index in [-0.39, 0.29) is 18.4 Å². The molecule has 0 aliphatic rings. The molecule has 0 unspecified atom stereocenters. The van der Waals surface area contributed by atoms with Gasteiger partial charge in [-0.15, -0.1) is 0 Å². The number of aryl methyl sites for hydroxylation is 2. The van der Waals surface area contributed by atoms with E-state index in [2.05, 4.69) is 16.0 Å². The molecule has 0 aliphatic carbocycles. The van der Waals surface area contributed by atoms with Gasteiger partial charge in [-0.05, 0) is 55.3 Å². The molecular formula is C18H20ClN3O2. The minimum absolute atomic E-state index is 0.114. The van der Waals surface area contributed by atoms with Crippen LogP contribution in [0.4, 0.5) is 17.1 Å². The number of benzene rings is 2. The highest BCUT2D eigenvalue weighted by Crippen LogP contribution is 2.27. The number of amides is 2. The number of rotatable bonds is 5. The molecule has 3 N–H and O–H groups in total. The zero-order valence-electron chi connectivity index (χ0n) is 13.9. The van der Waals surface area contributed by atoms with Gasteiger partial charge in [-0.1, -0.05) is 17.7 Å². The minimum atomic E-state index is -0.185. The van der Waals surface area contributed by atoms with Gasteiger partial charge in [0.15, 0.2) is 0 Å². The van der Waals surface area contributed by atoms with Crippen LogP contribution in [0.3, 0.4) is 0 Å². The van der Waals surface area contributed by atoms with Crippen LogP contribution in [0.5, 0.6) is 0 Å². The van der Waals surface area contributed by atoms with Gasteiger partial charge >= 0.3 is 0 Å². The lowest BCUT2D eigenvalue weighted by molar-refractivity contribution is -0.115. The third kappa shape index (κ3) is 4.99. The summed E-state index contributed by atoms with van der Waals surface area (Å²) < 4.78 is 0. The number of carbonyl (C=O) groups excluding carboxylic acids is 2. The van der Waals surface area contributed by atoms with Crippen molar-refractivity contribution in [1.82, 2.24) is 0 Å². The van der Waals surface area contributed by atoms with Crippen molar-refractivity contribution in [3.63, 3.8) is 0 Å². The quantitative estimate of drug-likeness (QED) is 0.768. The molecule has 0 fully saturated rings. The number of carbonyl (C=O) groups is 2. The average molecular weight is 346 g/mol. The molecule has 6 heteroatoms. The smallest absolute Gasteiger partial charge is 0.243 e. The lowest BCUT2D eigenvalue weighted by atomic mass is 10.1. The summed E-state index contributed by atoms with van der Waals surface area (Å²) >= 11 is 6.19. The number of hydrogen-bond donors (Lipinski definition) is 3. The van der Waals surface area contributed by atoms with Crippen molar-refractivity contribution >= 4 is 40.5 Å². The molecule has 0 bridgehead atoms. The van der Waals surface area contributed by atoms with Crippen LogP contribution in [0.2, 0.25) is 5.02 Å². The van der Waals surface area contributed by atoms with E-state index in [1.54, 1.807) is 24.3 Å². The van der Waals surface area contributed by atoms with Crippen LogP contribution in [-0.2, 0) is 9.59 Å². The molecule has 2 rings (SSSR count). The van der Waals surface area contributed by atoms with E-state index >= 15 is 0 Å². The van der Waals surface area contributed by atoms with Crippen molar-refractivity contribution in [2.24, 2.45) is 0 Å². The molecule has 5 nitrogen and oxygen atoms in total. The fraction of sp³-hybridized carbons (Fsp3) is 0.222. The second-order valence-corrected chi connectivity index (χ2v) is 6.01. The molecule has 0 heterocycles. The lowest BCUT2D eigenvalue weighted by Gasteiger charge is -2.12. The molecule has 0 radical (unpaired) electrons. The van der Waals surface area contributed by atoms with Crippen LogP contribution in [0.15, 0.2) is 36.4 Å². The van der Waals surface area contributed by atoms with E-state index in [0.29, 0.717) is 16.4 Å². The number of anilines is 3. The zero-order chi connectivity index (χ0) is 17.7. The first-order chi connectivity index (χ1) is 11.3. The van der Waals surface area contributed by atoms with Gasteiger partial charge in [-0.2, -0.15) is 0 Å². The van der Waals surface area contributed by atoms with Gasteiger partial charge in [-0.3, -0.25) is 9.59 Å². The van der Waals surface area contributed by atoms with E-state index in [4.69, 9.17) is 11.6 Å². The summed E-state index contributed by atoms with van der Waals surface area (Å²) in [4.78, 5) is 23.1. The topological polar surface area (TPSA) is 70.2 Å². The van der Waals surface area contributed by atoms with E-state index < -0.39 is 0 Å². The van der Waals surface area contributed by atoms with Crippen LogP contribution in [-0.4, -0.2) is 18.4 Å². The first-order valence-electron chi connectivity index (χ1n) is 7.53. The van der Waals surface area contributed by atoms with Crippen molar-refractivity contribution in [3.05, 3.63) is 52.5 Å². The molecule has 0 aliphatic heterocycles. The minimum Gasteiger partial charge on any atom is -0.376 e. The first kappa shape index (κ1) is 17.8. The maximum atomic E-state index is 12.1. The number of nitrogens with one attached hydrogen (secondary N) is 3. The molecule has 0 saturated carbocycles. The second-order valence-electron chi connectivity index (χ2n) is 5.60. The maximum Gasteiger partial charge on any atom is 0.243 e. The Morgan fingerprint density at radius 3 is 2.21 bits per heavy atom. The predicted octanol–water partition coefficient (Wildman–Crippen LogP) is 3.97. The van der Waals surface area contributed by atoms with E-state index in [1.165, 1.54) is 6.92 Å². The van der Waals surface area contributed by atoms with Gasteiger partial charge in [0.05, 0.1) is 17.3 Å². The predicted molar refractivity (Wildman–Crippen MR) is 98.8 cm³/mol. The van der Waals surface area contributed by atoms with Gasteiger partial charge in [-0.25, -0.2) is 0 Å². The SMILES string of the molecule is CC(=O)Nc1ccc(NCC(=O)Nc2c(C)cc(C)cc2Cl)cc1. The van der Waals surface area contributed by atoms with Crippen molar-refractivity contribution in [2.75, 3.05) is 22.5 Å². The van der Waals surface area contributed by atoms with Crippen molar-refractivity contribution in [3.8, 4) is 0 Å². The summed E-state index contributed by atoms with van der Waals surface area (Å²) in [6.07, 6.45) is 0. The summed E-state index contributed by atoms with van der Waals surface area (Å²) in [6, 6.07) is 10.9. The van der Waals surface area contributed by atoms with Crippen LogP contribution in [0.1, 0.15) is 18.1 Å². The molecule has 0 atom stereocenters. The van der Waals surface area contributed by atoms with Crippen molar-refractivity contribution < 1.29 is 9.59 Å². The molecule has 126 valence electrons. The Labute approximate surface area is 146 Å². The summed E-state index contributed by atoms with van der Waals surface area (Å²) in [7, 11) is 0. The van der Waals surface area contributed by atoms with Gasteiger partial charge in [0.25, 0.3) is 0 Å². The Morgan fingerprint density at radius 1 is 1.00 bits per heavy atom. The Kier molecular flexibility index (Phi) is 5.82. The highest BCUT2D eigenvalue weighted by molar-refractivity contribution is 6.34. The van der Waals surface area contributed by atoms with E-state index in [1.807, 2.05) is 26.0 Å². The molecule has 0 aromatic heterocycles. The van der Waals surface area contributed by atoms with Crippen LogP contribution < -0.4 is 16.0 Å². The van der Waals surface area contributed by atoms with E-state index in [9.17, 15) is 9.59 Å². The fourth-order valence-electron chi connectivity index (χ4n) is 2.31. The molecule has 2 amide bonds. The van der Waals surface area contributed by atoms with Crippen molar-refractivity contribution in [1.29, 1.82) is 0 Å². The van der Waals surface area contributed by atoms with E-state index in [0.717, 1.165) is 16.8 Å². The standard InChI is InChI=1S/C18H20ClN3O2/c1-11-8-12(2)18(16(19)9-11)22-17(24)10-20-14-4-6-15(7-5-14)21-13(3)23/h4-9,20H,10H2,1-3H3,(H,21,23)(H,22,24). The molecule has 0 saturated heterocycles. The number of hydrogen-bond acceptors (Lipinski definition) is 3. The third-order valence-corrected chi connectivity index (χ3v) is 3.65. The Balaban J connectivity index is 1.93. The normalized spacial score (nSPS) is 10.2.